The molecule has 0 aliphatic carbocycles. The molecular formula is C17H16ClN3O7S. The molecule has 154 valence electrons. The summed E-state index contributed by atoms with van der Waals surface area (Å²) in [6.45, 7) is 0.926. The first-order valence-electron chi connectivity index (χ1n) is 8.06. The minimum absolute atomic E-state index is 0.179. The van der Waals surface area contributed by atoms with Crippen LogP contribution in [0.2, 0.25) is 5.02 Å². The van der Waals surface area contributed by atoms with Crippen molar-refractivity contribution in [2.45, 2.75) is 24.4 Å². The topological polar surface area (TPSA) is 147 Å². The molecule has 10 nitrogen and oxygen atoms in total. The number of urea groups is 1. The minimum atomic E-state index is -4.27. The van der Waals surface area contributed by atoms with Crippen LogP contribution in [0.1, 0.15) is 12.5 Å². The van der Waals surface area contributed by atoms with Gasteiger partial charge in [0.1, 0.15) is 6.04 Å². The van der Waals surface area contributed by atoms with Gasteiger partial charge in [0.25, 0.3) is 15.7 Å². The van der Waals surface area contributed by atoms with Gasteiger partial charge in [-0.05, 0) is 36.8 Å². The van der Waals surface area contributed by atoms with Crippen molar-refractivity contribution in [3.8, 4) is 0 Å². The molecule has 0 heterocycles. The predicted octanol–water partition coefficient (Wildman–Crippen LogP) is 2.62. The first-order chi connectivity index (χ1) is 13.5. The lowest BCUT2D eigenvalue weighted by atomic mass is 10.1. The van der Waals surface area contributed by atoms with E-state index < -0.39 is 33.0 Å². The molecule has 12 heteroatoms. The van der Waals surface area contributed by atoms with Gasteiger partial charge in [0.05, 0.1) is 9.82 Å². The van der Waals surface area contributed by atoms with Crippen molar-refractivity contribution in [3.63, 3.8) is 0 Å². The Morgan fingerprint density at radius 2 is 1.72 bits per heavy atom. The largest absolute Gasteiger partial charge is 0.480 e. The van der Waals surface area contributed by atoms with Crippen molar-refractivity contribution in [2.24, 2.45) is 0 Å². The summed E-state index contributed by atoms with van der Waals surface area (Å²) in [6.07, 6.45) is 0. The number of nitro groups is 1. The van der Waals surface area contributed by atoms with Crippen LogP contribution in [0.25, 0.3) is 0 Å². The van der Waals surface area contributed by atoms with Crippen molar-refractivity contribution >= 4 is 39.3 Å². The number of nitrogens with zero attached hydrogens (tertiary/aromatic N) is 2. The number of benzene rings is 2. The fourth-order valence-electron chi connectivity index (χ4n) is 2.28. The summed E-state index contributed by atoms with van der Waals surface area (Å²) < 4.78 is 26.6. The van der Waals surface area contributed by atoms with E-state index in [0.29, 0.717) is 10.6 Å². The molecule has 0 aliphatic heterocycles. The molecule has 0 aromatic heterocycles. The molecule has 0 bridgehead atoms. The highest BCUT2D eigenvalue weighted by molar-refractivity contribution is 7.90. The van der Waals surface area contributed by atoms with Crippen LogP contribution in [0.3, 0.4) is 0 Å². The highest BCUT2D eigenvalue weighted by Crippen LogP contribution is 2.17. The van der Waals surface area contributed by atoms with E-state index in [9.17, 15) is 33.2 Å². The van der Waals surface area contributed by atoms with Gasteiger partial charge in [-0.1, -0.05) is 23.7 Å². The molecule has 1 unspecified atom stereocenters. The van der Waals surface area contributed by atoms with Crippen molar-refractivity contribution in [1.29, 1.82) is 0 Å². The summed E-state index contributed by atoms with van der Waals surface area (Å²) in [5, 5.41) is 20.3. The third-order valence-corrected chi connectivity index (χ3v) is 5.52. The highest BCUT2D eigenvalue weighted by Gasteiger charge is 2.29. The summed E-state index contributed by atoms with van der Waals surface area (Å²) in [7, 11) is -4.27. The summed E-state index contributed by atoms with van der Waals surface area (Å²) in [6, 6.07) is 7.60. The second kappa shape index (κ2) is 8.88. The van der Waals surface area contributed by atoms with Crippen molar-refractivity contribution in [1.82, 2.24) is 9.62 Å². The van der Waals surface area contributed by atoms with Gasteiger partial charge in [-0.2, -0.15) is 0 Å². The quantitative estimate of drug-likeness (QED) is 0.495. The molecule has 2 N–H and O–H groups in total. The van der Waals surface area contributed by atoms with Gasteiger partial charge in [-0.15, -0.1) is 0 Å². The van der Waals surface area contributed by atoms with E-state index >= 15 is 0 Å². The lowest BCUT2D eigenvalue weighted by Gasteiger charge is -2.26. The van der Waals surface area contributed by atoms with Gasteiger partial charge < -0.3 is 10.0 Å². The van der Waals surface area contributed by atoms with E-state index in [1.54, 1.807) is 0 Å². The Balaban J connectivity index is 2.26. The molecule has 0 saturated carbocycles. The second-order valence-corrected chi connectivity index (χ2v) is 8.05. The smallest absolute Gasteiger partial charge is 0.332 e. The van der Waals surface area contributed by atoms with Crippen LogP contribution in [0.4, 0.5) is 10.5 Å². The number of non-ortho nitro benzene ring substituents is 1. The molecule has 0 fully saturated rings. The number of carbonyl (C=O) groups is 2. The number of hydrogen-bond donors (Lipinski definition) is 2. The number of halogens is 1. The standard InChI is InChI=1S/C17H16ClN3O7S/c1-11(16(22)23)20(10-12-2-6-14(7-3-12)21(25)26)17(24)19-29(27,28)15-8-4-13(18)5-9-15/h2-9,11H,10H2,1H3,(H,19,24)(H,22,23). The van der Waals surface area contributed by atoms with Crippen LogP contribution >= 0.6 is 11.6 Å². The molecule has 2 rings (SSSR count). The van der Waals surface area contributed by atoms with Crippen LogP contribution in [-0.2, 0) is 21.4 Å². The first kappa shape index (κ1) is 22.1. The van der Waals surface area contributed by atoms with Gasteiger partial charge >= 0.3 is 12.0 Å². The SMILES string of the molecule is CC(C(=O)O)N(Cc1ccc([N+](=O)[O-])cc1)C(=O)NS(=O)(=O)c1ccc(Cl)cc1. The number of carboxylic acids is 1. The normalized spacial score (nSPS) is 12.1. The third kappa shape index (κ3) is 5.65. The van der Waals surface area contributed by atoms with E-state index in [1.165, 1.54) is 55.5 Å². The monoisotopic (exact) mass is 441 g/mol. The zero-order valence-electron chi connectivity index (χ0n) is 15.0. The molecule has 1 atom stereocenters. The minimum Gasteiger partial charge on any atom is -0.480 e. The summed E-state index contributed by atoms with van der Waals surface area (Å²) in [5.74, 6) is -1.36. The van der Waals surface area contributed by atoms with Gasteiger partial charge in [-0.3, -0.25) is 10.1 Å². The number of hydrogen-bond acceptors (Lipinski definition) is 6. The van der Waals surface area contributed by atoms with E-state index in [4.69, 9.17) is 11.6 Å². The van der Waals surface area contributed by atoms with Gasteiger partial charge in [0, 0.05) is 23.7 Å². The van der Waals surface area contributed by atoms with Gasteiger partial charge in [-0.25, -0.2) is 22.7 Å². The molecule has 29 heavy (non-hydrogen) atoms. The zero-order chi connectivity index (χ0) is 21.8. The maximum absolute atomic E-state index is 12.6. The average molecular weight is 442 g/mol. The maximum atomic E-state index is 12.6. The van der Waals surface area contributed by atoms with Crippen LogP contribution in [-0.4, -0.2) is 41.4 Å². The highest BCUT2D eigenvalue weighted by atomic mass is 35.5. The molecule has 2 aromatic rings. The molecule has 0 saturated heterocycles. The molecular weight excluding hydrogens is 426 g/mol. The zero-order valence-corrected chi connectivity index (χ0v) is 16.6. The number of amides is 2. The van der Waals surface area contributed by atoms with E-state index in [2.05, 4.69) is 0 Å². The molecule has 2 aromatic carbocycles. The summed E-state index contributed by atoms with van der Waals surface area (Å²) >= 11 is 5.72. The Bertz CT molecular complexity index is 1020. The molecule has 0 aliphatic rings. The molecule has 0 spiro atoms. The van der Waals surface area contributed by atoms with Gasteiger partial charge in [0.15, 0.2) is 0 Å². The Morgan fingerprint density at radius 3 is 2.21 bits per heavy atom. The Kier molecular flexibility index (Phi) is 6.77. The second-order valence-electron chi connectivity index (χ2n) is 5.93. The lowest BCUT2D eigenvalue weighted by Crippen LogP contribution is -2.49. The first-order valence-corrected chi connectivity index (χ1v) is 9.92. The fourth-order valence-corrected chi connectivity index (χ4v) is 3.37. The molecule has 2 amide bonds. The van der Waals surface area contributed by atoms with Crippen LogP contribution in [0, 0.1) is 10.1 Å². The number of sulfonamides is 1. The number of aliphatic carboxylic acids is 1. The van der Waals surface area contributed by atoms with Crippen LogP contribution < -0.4 is 4.72 Å². The van der Waals surface area contributed by atoms with E-state index in [0.717, 1.165) is 4.90 Å². The lowest BCUT2D eigenvalue weighted by molar-refractivity contribution is -0.384. The van der Waals surface area contributed by atoms with Crippen molar-refractivity contribution in [3.05, 3.63) is 69.2 Å². The Hall–Kier alpha value is -3.18. The predicted molar refractivity (Wildman–Crippen MR) is 103 cm³/mol. The van der Waals surface area contributed by atoms with Crippen LogP contribution in [0.5, 0.6) is 0 Å². The third-order valence-electron chi connectivity index (χ3n) is 3.93. The van der Waals surface area contributed by atoms with Crippen molar-refractivity contribution < 1.29 is 28.0 Å². The summed E-state index contributed by atoms with van der Waals surface area (Å²) in [5.41, 5.74) is 0.198. The number of rotatable bonds is 7. The fraction of sp³-hybridized carbons (Fsp3) is 0.176. The van der Waals surface area contributed by atoms with Crippen molar-refractivity contribution in [2.75, 3.05) is 0 Å². The van der Waals surface area contributed by atoms with E-state index in [-0.39, 0.29) is 17.1 Å². The number of nitrogens with one attached hydrogen (secondary N) is 1. The number of carbonyl (C=O) groups excluding carboxylic acids is 1. The maximum Gasteiger partial charge on any atom is 0.332 e. The number of carboxylic acid groups (broad SMARTS) is 1. The Morgan fingerprint density at radius 1 is 1.17 bits per heavy atom. The number of nitro benzene ring substituents is 1. The molecule has 0 radical (unpaired) electrons. The average Bonchev–Trinajstić information content (AvgIpc) is 2.65. The van der Waals surface area contributed by atoms with Gasteiger partial charge in [0.2, 0.25) is 0 Å². The Labute approximate surface area is 170 Å². The summed E-state index contributed by atoms with van der Waals surface area (Å²) in [4.78, 5) is 34.6. The van der Waals surface area contributed by atoms with E-state index in [1.807, 2.05) is 4.72 Å². The van der Waals surface area contributed by atoms with Crippen LogP contribution in [0.15, 0.2) is 53.4 Å².